The van der Waals surface area contributed by atoms with E-state index in [2.05, 4.69) is 10.3 Å². The van der Waals surface area contributed by atoms with Crippen LogP contribution in [0.25, 0.3) is 0 Å². The van der Waals surface area contributed by atoms with E-state index < -0.39 is 0 Å². The van der Waals surface area contributed by atoms with E-state index in [9.17, 15) is 0 Å². The molecule has 1 aromatic rings. The lowest BCUT2D eigenvalue weighted by Gasteiger charge is -2.16. The molecular weight excluding hydrogens is 214 g/mol. The zero-order chi connectivity index (χ0) is 10.8. The van der Waals surface area contributed by atoms with E-state index in [1.165, 1.54) is 0 Å². The Morgan fingerprint density at radius 3 is 3.00 bits per heavy atom. The van der Waals surface area contributed by atoms with Crippen LogP contribution in [0.4, 0.5) is 0 Å². The van der Waals surface area contributed by atoms with Gasteiger partial charge in [-0.15, -0.1) is 0 Å². The van der Waals surface area contributed by atoms with Crippen molar-refractivity contribution in [2.24, 2.45) is 10.7 Å². The summed E-state index contributed by atoms with van der Waals surface area (Å²) in [4.78, 5) is 4.08. The molecule has 80 valence electrons. The largest absolute Gasteiger partial charge is 0.496 e. The normalized spacial score (nSPS) is 19.6. The highest BCUT2D eigenvalue weighted by Gasteiger charge is 2.23. The Bertz CT molecular complexity index is 406. The summed E-state index contributed by atoms with van der Waals surface area (Å²) in [5.41, 5.74) is 6.47. The van der Waals surface area contributed by atoms with E-state index in [-0.39, 0.29) is 6.04 Å². The molecular formula is C10H12ClN3O. The summed E-state index contributed by atoms with van der Waals surface area (Å²) >= 11 is 6.12. The maximum absolute atomic E-state index is 6.12. The third kappa shape index (κ3) is 1.85. The molecule has 5 heteroatoms. The second-order valence-electron chi connectivity index (χ2n) is 3.28. The molecule has 0 saturated carbocycles. The summed E-state index contributed by atoms with van der Waals surface area (Å²) in [5.74, 6) is 1.20. The molecule has 1 heterocycles. The molecule has 0 amide bonds. The highest BCUT2D eigenvalue weighted by Crippen LogP contribution is 2.33. The van der Waals surface area contributed by atoms with Crippen molar-refractivity contribution in [2.75, 3.05) is 13.7 Å². The minimum atomic E-state index is 0.00801. The highest BCUT2D eigenvalue weighted by molar-refractivity contribution is 6.31. The molecule has 4 nitrogen and oxygen atoms in total. The van der Waals surface area contributed by atoms with Gasteiger partial charge in [0.2, 0.25) is 0 Å². The topological polar surface area (TPSA) is 59.6 Å². The number of nitrogens with one attached hydrogen (secondary N) is 1. The maximum atomic E-state index is 6.12. The van der Waals surface area contributed by atoms with Gasteiger partial charge in [0, 0.05) is 10.6 Å². The van der Waals surface area contributed by atoms with E-state index >= 15 is 0 Å². The molecule has 1 aliphatic rings. The SMILES string of the molecule is COc1cccc(Cl)c1C1CN=C(N)N1. The van der Waals surface area contributed by atoms with Gasteiger partial charge in [-0.25, -0.2) is 0 Å². The van der Waals surface area contributed by atoms with E-state index in [0.29, 0.717) is 17.5 Å². The highest BCUT2D eigenvalue weighted by atomic mass is 35.5. The molecule has 0 bridgehead atoms. The molecule has 3 N–H and O–H groups in total. The van der Waals surface area contributed by atoms with Crippen LogP contribution in [0.1, 0.15) is 11.6 Å². The van der Waals surface area contributed by atoms with Crippen LogP contribution in [0.3, 0.4) is 0 Å². The third-order valence-electron chi connectivity index (χ3n) is 2.35. The van der Waals surface area contributed by atoms with Crippen molar-refractivity contribution in [3.63, 3.8) is 0 Å². The van der Waals surface area contributed by atoms with Crippen LogP contribution in [0.2, 0.25) is 5.02 Å². The Balaban J connectivity index is 2.35. The summed E-state index contributed by atoms with van der Waals surface area (Å²) in [6.07, 6.45) is 0. The molecule has 0 spiro atoms. The first-order valence-corrected chi connectivity index (χ1v) is 4.99. The second-order valence-corrected chi connectivity index (χ2v) is 3.69. The van der Waals surface area contributed by atoms with Crippen LogP contribution in [0.5, 0.6) is 5.75 Å². The Morgan fingerprint density at radius 1 is 1.60 bits per heavy atom. The summed E-state index contributed by atoms with van der Waals surface area (Å²) in [5, 5.41) is 3.71. The number of nitrogens with zero attached hydrogens (tertiary/aromatic N) is 1. The molecule has 2 rings (SSSR count). The van der Waals surface area contributed by atoms with E-state index in [1.807, 2.05) is 18.2 Å². The fourth-order valence-electron chi connectivity index (χ4n) is 1.66. The van der Waals surface area contributed by atoms with Crippen molar-refractivity contribution in [2.45, 2.75) is 6.04 Å². The van der Waals surface area contributed by atoms with Crippen molar-refractivity contribution in [1.82, 2.24) is 5.32 Å². The molecule has 1 aliphatic heterocycles. The molecule has 0 radical (unpaired) electrons. The van der Waals surface area contributed by atoms with E-state index in [0.717, 1.165) is 11.3 Å². The van der Waals surface area contributed by atoms with Crippen molar-refractivity contribution in [3.8, 4) is 5.75 Å². The summed E-state index contributed by atoms with van der Waals surface area (Å²) in [6, 6.07) is 5.56. The van der Waals surface area contributed by atoms with Crippen LogP contribution in [-0.2, 0) is 0 Å². The molecule has 1 aromatic carbocycles. The number of hydrogen-bond acceptors (Lipinski definition) is 4. The maximum Gasteiger partial charge on any atom is 0.189 e. The lowest BCUT2D eigenvalue weighted by atomic mass is 10.1. The molecule has 0 aromatic heterocycles. The van der Waals surface area contributed by atoms with Crippen LogP contribution >= 0.6 is 11.6 Å². The van der Waals surface area contributed by atoms with Gasteiger partial charge in [-0.3, -0.25) is 4.99 Å². The smallest absolute Gasteiger partial charge is 0.189 e. The van der Waals surface area contributed by atoms with Crippen LogP contribution in [-0.4, -0.2) is 19.6 Å². The van der Waals surface area contributed by atoms with Crippen LogP contribution < -0.4 is 15.8 Å². The zero-order valence-electron chi connectivity index (χ0n) is 8.33. The second kappa shape index (κ2) is 3.98. The van der Waals surface area contributed by atoms with Gasteiger partial charge in [0.15, 0.2) is 5.96 Å². The number of ether oxygens (including phenoxy) is 1. The predicted molar refractivity (Wildman–Crippen MR) is 60.4 cm³/mol. The first-order valence-electron chi connectivity index (χ1n) is 4.61. The van der Waals surface area contributed by atoms with E-state index in [4.69, 9.17) is 22.1 Å². The standard InChI is InChI=1S/C10H12ClN3O/c1-15-8-4-2-3-6(11)9(8)7-5-13-10(12)14-7/h2-4,7H,5H2,1H3,(H3,12,13,14). The number of aliphatic imine (C=N–C) groups is 1. The number of guanidine groups is 1. The van der Waals surface area contributed by atoms with Gasteiger partial charge in [0.25, 0.3) is 0 Å². The number of halogens is 1. The molecule has 0 aliphatic carbocycles. The number of benzene rings is 1. The minimum Gasteiger partial charge on any atom is -0.496 e. The zero-order valence-corrected chi connectivity index (χ0v) is 9.08. The minimum absolute atomic E-state index is 0.00801. The average molecular weight is 226 g/mol. The van der Waals surface area contributed by atoms with Crippen LogP contribution in [0.15, 0.2) is 23.2 Å². The van der Waals surface area contributed by atoms with Gasteiger partial charge in [0.05, 0.1) is 19.7 Å². The van der Waals surface area contributed by atoms with Crippen molar-refractivity contribution in [1.29, 1.82) is 0 Å². The van der Waals surface area contributed by atoms with E-state index in [1.54, 1.807) is 7.11 Å². The third-order valence-corrected chi connectivity index (χ3v) is 2.68. The van der Waals surface area contributed by atoms with Gasteiger partial charge >= 0.3 is 0 Å². The Labute approximate surface area is 93.1 Å². The quantitative estimate of drug-likeness (QED) is 0.798. The summed E-state index contributed by atoms with van der Waals surface area (Å²) in [7, 11) is 1.62. The first kappa shape index (κ1) is 10.1. The fourth-order valence-corrected chi connectivity index (χ4v) is 1.95. The summed E-state index contributed by atoms with van der Waals surface area (Å²) in [6.45, 7) is 0.589. The van der Waals surface area contributed by atoms with Crippen molar-refractivity contribution in [3.05, 3.63) is 28.8 Å². The molecule has 1 unspecified atom stereocenters. The molecule has 15 heavy (non-hydrogen) atoms. The van der Waals surface area contributed by atoms with Gasteiger partial charge in [-0.2, -0.15) is 0 Å². The van der Waals surface area contributed by atoms with Crippen molar-refractivity contribution < 1.29 is 4.74 Å². The Morgan fingerprint density at radius 2 is 2.40 bits per heavy atom. The number of methoxy groups -OCH3 is 1. The summed E-state index contributed by atoms with van der Waals surface area (Å²) < 4.78 is 5.26. The van der Waals surface area contributed by atoms with Gasteiger partial charge in [-0.1, -0.05) is 17.7 Å². The van der Waals surface area contributed by atoms with Gasteiger partial charge in [0.1, 0.15) is 5.75 Å². The first-order chi connectivity index (χ1) is 7.22. The van der Waals surface area contributed by atoms with Gasteiger partial charge < -0.3 is 15.8 Å². The number of nitrogens with two attached hydrogens (primary N) is 1. The number of hydrogen-bond donors (Lipinski definition) is 2. The fraction of sp³-hybridized carbons (Fsp3) is 0.300. The van der Waals surface area contributed by atoms with Gasteiger partial charge in [-0.05, 0) is 12.1 Å². The monoisotopic (exact) mass is 225 g/mol. The predicted octanol–water partition coefficient (Wildman–Crippen LogP) is 1.31. The Hall–Kier alpha value is -1.42. The molecule has 1 atom stereocenters. The van der Waals surface area contributed by atoms with Crippen LogP contribution in [0, 0.1) is 0 Å². The van der Waals surface area contributed by atoms with Crippen molar-refractivity contribution >= 4 is 17.6 Å². The number of rotatable bonds is 2. The lowest BCUT2D eigenvalue weighted by Crippen LogP contribution is -2.29. The average Bonchev–Trinajstić information content (AvgIpc) is 2.64. The molecule has 0 saturated heterocycles. The lowest BCUT2D eigenvalue weighted by molar-refractivity contribution is 0.405. The Kier molecular flexibility index (Phi) is 2.68. The molecule has 0 fully saturated rings.